The van der Waals surface area contributed by atoms with Crippen LogP contribution in [0.15, 0.2) is 48.5 Å². The number of nitrogens with one attached hydrogen (secondary N) is 1. The van der Waals surface area contributed by atoms with Gasteiger partial charge in [0, 0.05) is 12.0 Å². The molecule has 0 aromatic heterocycles. The zero-order valence-corrected chi connectivity index (χ0v) is 14.5. The molecule has 1 unspecified atom stereocenters. The van der Waals surface area contributed by atoms with E-state index in [-0.39, 0.29) is 19.1 Å². The van der Waals surface area contributed by atoms with Gasteiger partial charge in [-0.2, -0.15) is 5.26 Å². The maximum absolute atomic E-state index is 13.1. The molecule has 27 heavy (non-hydrogen) atoms. The number of hydrogen-bond acceptors (Lipinski definition) is 5. The quantitative estimate of drug-likeness (QED) is 0.841. The summed E-state index contributed by atoms with van der Waals surface area (Å²) in [7, 11) is 0. The van der Waals surface area contributed by atoms with Gasteiger partial charge in [0.2, 0.25) is 0 Å². The summed E-state index contributed by atoms with van der Waals surface area (Å²) in [6.45, 7) is 0.660. The summed E-state index contributed by atoms with van der Waals surface area (Å²) < 4.78 is 11.2. The molecule has 7 heteroatoms. The van der Waals surface area contributed by atoms with Crippen molar-refractivity contribution in [1.82, 2.24) is 10.2 Å². The fourth-order valence-electron chi connectivity index (χ4n) is 3.46. The highest BCUT2D eigenvalue weighted by Gasteiger charge is 2.54. The van der Waals surface area contributed by atoms with Crippen molar-refractivity contribution in [1.29, 1.82) is 5.26 Å². The molecule has 3 amide bonds. The number of nitrogens with zero attached hydrogens (tertiary/aromatic N) is 2. The van der Waals surface area contributed by atoms with E-state index in [1.807, 2.05) is 24.3 Å². The number of rotatable bonds is 4. The second-order valence-corrected chi connectivity index (χ2v) is 6.37. The van der Waals surface area contributed by atoms with E-state index in [9.17, 15) is 9.59 Å². The summed E-state index contributed by atoms with van der Waals surface area (Å²) in [6.07, 6.45) is 0.390. The van der Waals surface area contributed by atoms with E-state index >= 15 is 0 Å². The second-order valence-electron chi connectivity index (χ2n) is 6.37. The van der Waals surface area contributed by atoms with E-state index < -0.39 is 11.6 Å². The predicted molar refractivity (Wildman–Crippen MR) is 95.1 cm³/mol. The Morgan fingerprint density at radius 3 is 2.74 bits per heavy atom. The molecule has 0 bridgehead atoms. The SMILES string of the molecule is N#Cc1ccc(OCCN2C(=O)NC3(CCOc4ccccc43)C2=O)cc1. The Hall–Kier alpha value is -3.53. The largest absolute Gasteiger partial charge is 0.493 e. The lowest BCUT2D eigenvalue weighted by atomic mass is 9.84. The molecule has 2 heterocycles. The molecule has 1 saturated heterocycles. The van der Waals surface area contributed by atoms with Crippen molar-refractivity contribution < 1.29 is 19.1 Å². The zero-order valence-electron chi connectivity index (χ0n) is 14.5. The third kappa shape index (κ3) is 2.85. The molecule has 4 rings (SSSR count). The Labute approximate surface area is 156 Å². The van der Waals surface area contributed by atoms with E-state index in [0.29, 0.717) is 35.7 Å². The molecule has 2 aliphatic heterocycles. The normalized spacial score (nSPS) is 20.6. The lowest BCUT2D eigenvalue weighted by molar-refractivity contribution is -0.132. The van der Waals surface area contributed by atoms with Gasteiger partial charge in [-0.15, -0.1) is 0 Å². The Morgan fingerprint density at radius 2 is 1.96 bits per heavy atom. The minimum Gasteiger partial charge on any atom is -0.493 e. The van der Waals surface area contributed by atoms with Crippen LogP contribution in [0, 0.1) is 11.3 Å². The van der Waals surface area contributed by atoms with Crippen LogP contribution in [-0.2, 0) is 10.3 Å². The zero-order chi connectivity index (χ0) is 18.9. The molecule has 1 N–H and O–H groups in total. The number of para-hydroxylation sites is 1. The number of carbonyl (C=O) groups excluding carboxylic acids is 2. The molecule has 1 atom stereocenters. The summed E-state index contributed by atoms with van der Waals surface area (Å²) in [5.74, 6) is 0.909. The molecule has 0 radical (unpaired) electrons. The van der Waals surface area contributed by atoms with Crippen LogP contribution in [0.2, 0.25) is 0 Å². The first-order chi connectivity index (χ1) is 13.1. The highest BCUT2D eigenvalue weighted by molar-refractivity contribution is 6.08. The summed E-state index contributed by atoms with van der Waals surface area (Å²) in [4.78, 5) is 26.7. The molecule has 1 spiro atoms. The van der Waals surface area contributed by atoms with Crippen molar-refractivity contribution in [2.45, 2.75) is 12.0 Å². The summed E-state index contributed by atoms with van der Waals surface area (Å²) in [5.41, 5.74) is 0.155. The van der Waals surface area contributed by atoms with Crippen LogP contribution in [0.1, 0.15) is 17.5 Å². The van der Waals surface area contributed by atoms with E-state index in [2.05, 4.69) is 5.32 Å². The fourth-order valence-corrected chi connectivity index (χ4v) is 3.46. The molecule has 2 aromatic carbocycles. The van der Waals surface area contributed by atoms with Crippen molar-refractivity contribution in [3.05, 3.63) is 59.7 Å². The maximum Gasteiger partial charge on any atom is 0.325 e. The van der Waals surface area contributed by atoms with Crippen LogP contribution in [0.5, 0.6) is 11.5 Å². The number of nitriles is 1. The van der Waals surface area contributed by atoms with Crippen molar-refractivity contribution >= 4 is 11.9 Å². The topological polar surface area (TPSA) is 91.7 Å². The number of imide groups is 1. The Morgan fingerprint density at radius 1 is 1.19 bits per heavy atom. The average molecular weight is 363 g/mol. The van der Waals surface area contributed by atoms with E-state index in [1.165, 1.54) is 4.90 Å². The molecule has 136 valence electrons. The summed E-state index contributed by atoms with van der Waals surface area (Å²) in [5, 5.41) is 11.7. The number of hydrogen-bond donors (Lipinski definition) is 1. The van der Waals surface area contributed by atoms with E-state index in [4.69, 9.17) is 14.7 Å². The average Bonchev–Trinajstić information content (AvgIpc) is 2.93. The second kappa shape index (κ2) is 6.65. The van der Waals surface area contributed by atoms with Gasteiger partial charge in [-0.05, 0) is 30.3 Å². The lowest BCUT2D eigenvalue weighted by Crippen LogP contribution is -2.47. The van der Waals surface area contributed by atoms with E-state index in [1.54, 1.807) is 30.3 Å². The number of fused-ring (bicyclic) bond motifs is 2. The van der Waals surface area contributed by atoms with Crippen molar-refractivity contribution in [2.75, 3.05) is 19.8 Å². The Balaban J connectivity index is 1.47. The van der Waals surface area contributed by atoms with Crippen molar-refractivity contribution in [2.24, 2.45) is 0 Å². The molecule has 2 aliphatic rings. The van der Waals surface area contributed by atoms with Gasteiger partial charge in [-0.3, -0.25) is 9.69 Å². The van der Waals surface area contributed by atoms with Crippen LogP contribution < -0.4 is 14.8 Å². The predicted octanol–water partition coefficient (Wildman–Crippen LogP) is 2.17. The molecule has 1 fully saturated rings. The van der Waals surface area contributed by atoms with Crippen molar-refractivity contribution in [3.63, 3.8) is 0 Å². The number of carbonyl (C=O) groups is 2. The minimum atomic E-state index is -1.07. The monoisotopic (exact) mass is 363 g/mol. The van der Waals surface area contributed by atoms with Crippen LogP contribution in [0.4, 0.5) is 4.79 Å². The number of urea groups is 1. The Bertz CT molecular complexity index is 935. The minimum absolute atomic E-state index is 0.134. The summed E-state index contributed by atoms with van der Waals surface area (Å²) in [6, 6.07) is 15.5. The maximum atomic E-state index is 13.1. The highest BCUT2D eigenvalue weighted by Crippen LogP contribution is 2.40. The first-order valence-corrected chi connectivity index (χ1v) is 8.63. The first kappa shape index (κ1) is 16.9. The molecular formula is C20H17N3O4. The number of benzene rings is 2. The summed E-state index contributed by atoms with van der Waals surface area (Å²) >= 11 is 0. The fraction of sp³-hybridized carbons (Fsp3) is 0.250. The van der Waals surface area contributed by atoms with Gasteiger partial charge in [0.25, 0.3) is 5.91 Å². The lowest BCUT2D eigenvalue weighted by Gasteiger charge is -2.33. The first-order valence-electron chi connectivity index (χ1n) is 8.63. The van der Waals surface area contributed by atoms with Crippen LogP contribution in [0.3, 0.4) is 0 Å². The van der Waals surface area contributed by atoms with Gasteiger partial charge in [0.1, 0.15) is 18.1 Å². The number of ether oxygens (including phenoxy) is 2. The standard InChI is InChI=1S/C20H17N3O4/c21-13-14-5-7-15(8-6-14)26-12-10-23-18(24)20(22-19(23)25)9-11-27-17-4-2-1-3-16(17)20/h1-8H,9-12H2,(H,22,25). The number of amides is 3. The van der Waals surface area contributed by atoms with Crippen LogP contribution in [-0.4, -0.2) is 36.6 Å². The molecule has 2 aromatic rings. The molecule has 0 aliphatic carbocycles. The Kier molecular flexibility index (Phi) is 4.16. The molecular weight excluding hydrogens is 346 g/mol. The highest BCUT2D eigenvalue weighted by atomic mass is 16.5. The van der Waals surface area contributed by atoms with Gasteiger partial charge in [0.05, 0.1) is 24.8 Å². The third-order valence-electron chi connectivity index (χ3n) is 4.82. The third-order valence-corrected chi connectivity index (χ3v) is 4.82. The van der Waals surface area contributed by atoms with Gasteiger partial charge in [-0.1, -0.05) is 18.2 Å². The van der Waals surface area contributed by atoms with Gasteiger partial charge in [-0.25, -0.2) is 4.79 Å². The van der Waals surface area contributed by atoms with Gasteiger partial charge in [0.15, 0.2) is 5.54 Å². The van der Waals surface area contributed by atoms with Crippen molar-refractivity contribution in [3.8, 4) is 17.6 Å². The van der Waals surface area contributed by atoms with E-state index in [0.717, 1.165) is 0 Å². The van der Waals surface area contributed by atoms with Gasteiger partial charge >= 0.3 is 6.03 Å². The van der Waals surface area contributed by atoms with Crippen LogP contribution in [0.25, 0.3) is 0 Å². The van der Waals surface area contributed by atoms with Crippen LogP contribution >= 0.6 is 0 Å². The smallest absolute Gasteiger partial charge is 0.325 e. The van der Waals surface area contributed by atoms with Gasteiger partial charge < -0.3 is 14.8 Å². The molecule has 0 saturated carbocycles. The molecule has 7 nitrogen and oxygen atoms in total.